The zero-order chi connectivity index (χ0) is 10.4. The minimum atomic E-state index is 0.332. The standard InChI is InChI=1S/C10H18N4/c1-8(2)9(6-11)14-7-10-12-4-3-5-13-10/h3-5,8-9,14H,6-7,11H2,1-2H3. The molecule has 0 aliphatic rings. The van der Waals surface area contributed by atoms with Crippen molar-refractivity contribution in [2.24, 2.45) is 11.7 Å². The lowest BCUT2D eigenvalue weighted by atomic mass is 10.1. The first-order valence-corrected chi connectivity index (χ1v) is 4.93. The molecule has 4 nitrogen and oxygen atoms in total. The summed E-state index contributed by atoms with van der Waals surface area (Å²) in [5.41, 5.74) is 5.63. The fraction of sp³-hybridized carbons (Fsp3) is 0.600. The molecule has 1 aromatic rings. The van der Waals surface area contributed by atoms with Gasteiger partial charge in [0.15, 0.2) is 0 Å². The maximum atomic E-state index is 5.63. The van der Waals surface area contributed by atoms with Gasteiger partial charge in [0.2, 0.25) is 0 Å². The third-order valence-corrected chi connectivity index (χ3v) is 2.20. The summed E-state index contributed by atoms with van der Waals surface area (Å²) >= 11 is 0. The van der Waals surface area contributed by atoms with E-state index in [4.69, 9.17) is 5.73 Å². The fourth-order valence-corrected chi connectivity index (χ4v) is 1.23. The highest BCUT2D eigenvalue weighted by Crippen LogP contribution is 2.00. The molecule has 3 N–H and O–H groups in total. The van der Waals surface area contributed by atoms with Gasteiger partial charge in [-0.25, -0.2) is 9.97 Å². The van der Waals surface area contributed by atoms with Crippen LogP contribution in [0.1, 0.15) is 19.7 Å². The first-order valence-electron chi connectivity index (χ1n) is 4.93. The SMILES string of the molecule is CC(C)C(CN)NCc1ncccn1. The smallest absolute Gasteiger partial charge is 0.141 e. The number of nitrogens with one attached hydrogen (secondary N) is 1. The van der Waals surface area contributed by atoms with Crippen LogP contribution in [0, 0.1) is 5.92 Å². The quantitative estimate of drug-likeness (QED) is 0.718. The molecular weight excluding hydrogens is 176 g/mol. The van der Waals surface area contributed by atoms with Crippen LogP contribution in [0.4, 0.5) is 0 Å². The highest BCUT2D eigenvalue weighted by molar-refractivity contribution is 4.88. The van der Waals surface area contributed by atoms with E-state index in [-0.39, 0.29) is 0 Å². The average molecular weight is 194 g/mol. The molecule has 0 bridgehead atoms. The minimum absolute atomic E-state index is 0.332. The van der Waals surface area contributed by atoms with E-state index in [1.54, 1.807) is 12.4 Å². The van der Waals surface area contributed by atoms with Gasteiger partial charge in [0, 0.05) is 25.0 Å². The molecule has 1 atom stereocenters. The summed E-state index contributed by atoms with van der Waals surface area (Å²) in [7, 11) is 0. The summed E-state index contributed by atoms with van der Waals surface area (Å²) in [6.07, 6.45) is 3.49. The second-order valence-corrected chi connectivity index (χ2v) is 3.63. The number of hydrogen-bond acceptors (Lipinski definition) is 4. The molecular formula is C10H18N4. The van der Waals surface area contributed by atoms with Crippen molar-refractivity contribution in [1.82, 2.24) is 15.3 Å². The van der Waals surface area contributed by atoms with E-state index in [0.717, 1.165) is 5.82 Å². The molecule has 0 amide bonds. The maximum absolute atomic E-state index is 5.63. The molecule has 0 spiro atoms. The van der Waals surface area contributed by atoms with Crippen molar-refractivity contribution in [3.63, 3.8) is 0 Å². The third-order valence-electron chi connectivity index (χ3n) is 2.20. The van der Waals surface area contributed by atoms with Gasteiger partial charge in [0.25, 0.3) is 0 Å². The van der Waals surface area contributed by atoms with Crippen LogP contribution in [0.25, 0.3) is 0 Å². The lowest BCUT2D eigenvalue weighted by molar-refractivity contribution is 0.400. The molecule has 1 unspecified atom stereocenters. The molecule has 4 heteroatoms. The van der Waals surface area contributed by atoms with Crippen LogP contribution in [-0.2, 0) is 6.54 Å². The van der Waals surface area contributed by atoms with E-state index < -0.39 is 0 Å². The Morgan fingerprint density at radius 2 is 2.00 bits per heavy atom. The minimum Gasteiger partial charge on any atom is -0.329 e. The van der Waals surface area contributed by atoms with Gasteiger partial charge in [-0.15, -0.1) is 0 Å². The summed E-state index contributed by atoms with van der Waals surface area (Å²) in [6.45, 7) is 5.62. The van der Waals surface area contributed by atoms with Crippen molar-refractivity contribution < 1.29 is 0 Å². The van der Waals surface area contributed by atoms with Crippen LogP contribution in [-0.4, -0.2) is 22.6 Å². The van der Waals surface area contributed by atoms with Crippen molar-refractivity contribution in [2.45, 2.75) is 26.4 Å². The second kappa shape index (κ2) is 5.67. The molecule has 14 heavy (non-hydrogen) atoms. The summed E-state index contributed by atoms with van der Waals surface area (Å²) in [6, 6.07) is 2.14. The van der Waals surface area contributed by atoms with Crippen molar-refractivity contribution in [3.8, 4) is 0 Å². The van der Waals surface area contributed by atoms with Crippen molar-refractivity contribution in [1.29, 1.82) is 0 Å². The number of hydrogen-bond donors (Lipinski definition) is 2. The monoisotopic (exact) mass is 194 g/mol. The van der Waals surface area contributed by atoms with Crippen LogP contribution in [0.15, 0.2) is 18.5 Å². The topological polar surface area (TPSA) is 63.8 Å². The lowest BCUT2D eigenvalue weighted by Crippen LogP contribution is -2.40. The Morgan fingerprint density at radius 3 is 2.50 bits per heavy atom. The Kier molecular flexibility index (Phi) is 4.49. The summed E-state index contributed by atoms with van der Waals surface area (Å²) in [5, 5.41) is 3.34. The molecule has 1 heterocycles. The van der Waals surface area contributed by atoms with Gasteiger partial charge in [-0.05, 0) is 12.0 Å². The largest absolute Gasteiger partial charge is 0.329 e. The predicted octanol–water partition coefficient (Wildman–Crippen LogP) is 0.549. The summed E-state index contributed by atoms with van der Waals surface area (Å²) in [5.74, 6) is 1.34. The number of nitrogens with two attached hydrogens (primary N) is 1. The van der Waals surface area contributed by atoms with E-state index in [9.17, 15) is 0 Å². The van der Waals surface area contributed by atoms with Gasteiger partial charge in [-0.2, -0.15) is 0 Å². The molecule has 0 aliphatic carbocycles. The Bertz CT molecular complexity index is 248. The van der Waals surface area contributed by atoms with E-state index in [0.29, 0.717) is 25.0 Å². The van der Waals surface area contributed by atoms with Crippen LogP contribution < -0.4 is 11.1 Å². The van der Waals surface area contributed by atoms with Gasteiger partial charge in [-0.3, -0.25) is 0 Å². The normalized spacial score (nSPS) is 13.1. The van der Waals surface area contributed by atoms with Gasteiger partial charge in [0.1, 0.15) is 5.82 Å². The zero-order valence-corrected chi connectivity index (χ0v) is 8.77. The van der Waals surface area contributed by atoms with Crippen LogP contribution in [0.2, 0.25) is 0 Å². The fourth-order valence-electron chi connectivity index (χ4n) is 1.23. The number of aromatic nitrogens is 2. The highest BCUT2D eigenvalue weighted by atomic mass is 15.0. The first-order chi connectivity index (χ1) is 6.74. The van der Waals surface area contributed by atoms with E-state index in [1.165, 1.54) is 0 Å². The van der Waals surface area contributed by atoms with Crippen molar-refractivity contribution in [3.05, 3.63) is 24.3 Å². The van der Waals surface area contributed by atoms with Gasteiger partial charge in [-0.1, -0.05) is 13.8 Å². The Hall–Kier alpha value is -1.00. The molecule has 1 rings (SSSR count). The van der Waals surface area contributed by atoms with E-state index in [2.05, 4.69) is 29.1 Å². The van der Waals surface area contributed by atoms with Gasteiger partial charge < -0.3 is 11.1 Å². The molecule has 0 fully saturated rings. The van der Waals surface area contributed by atoms with Crippen LogP contribution in [0.3, 0.4) is 0 Å². The van der Waals surface area contributed by atoms with E-state index >= 15 is 0 Å². The Morgan fingerprint density at radius 1 is 1.36 bits per heavy atom. The molecule has 0 aromatic carbocycles. The molecule has 0 saturated carbocycles. The lowest BCUT2D eigenvalue weighted by Gasteiger charge is -2.19. The Labute approximate surface area is 85.0 Å². The first kappa shape index (κ1) is 11.1. The molecule has 0 saturated heterocycles. The molecule has 78 valence electrons. The summed E-state index contributed by atoms with van der Waals surface area (Å²) < 4.78 is 0. The van der Waals surface area contributed by atoms with Crippen molar-refractivity contribution >= 4 is 0 Å². The second-order valence-electron chi connectivity index (χ2n) is 3.63. The Balaban J connectivity index is 2.40. The van der Waals surface area contributed by atoms with Gasteiger partial charge >= 0.3 is 0 Å². The van der Waals surface area contributed by atoms with Crippen LogP contribution in [0.5, 0.6) is 0 Å². The number of nitrogens with zero attached hydrogens (tertiary/aromatic N) is 2. The third kappa shape index (κ3) is 3.40. The average Bonchev–Trinajstić information content (AvgIpc) is 2.20. The van der Waals surface area contributed by atoms with E-state index in [1.807, 2.05) is 6.07 Å². The van der Waals surface area contributed by atoms with Gasteiger partial charge in [0.05, 0.1) is 6.54 Å². The molecule has 0 radical (unpaired) electrons. The molecule has 0 aliphatic heterocycles. The van der Waals surface area contributed by atoms with Crippen LogP contribution >= 0.6 is 0 Å². The predicted molar refractivity (Wildman–Crippen MR) is 56.6 cm³/mol. The number of rotatable bonds is 5. The highest BCUT2D eigenvalue weighted by Gasteiger charge is 2.10. The van der Waals surface area contributed by atoms with Crippen molar-refractivity contribution in [2.75, 3.05) is 6.54 Å². The summed E-state index contributed by atoms with van der Waals surface area (Å²) in [4.78, 5) is 8.26. The molecule has 1 aromatic heterocycles. The maximum Gasteiger partial charge on any atom is 0.141 e. The zero-order valence-electron chi connectivity index (χ0n) is 8.77.